The lowest BCUT2D eigenvalue weighted by molar-refractivity contribution is 0.102. The molecule has 0 unspecified atom stereocenters. The van der Waals surface area contributed by atoms with Crippen LogP contribution >= 0.6 is 23.5 Å². The minimum absolute atomic E-state index is 0.0761. The quantitative estimate of drug-likeness (QED) is 0.847. The van der Waals surface area contributed by atoms with Crippen LogP contribution in [0.15, 0.2) is 58.3 Å². The molecule has 0 aliphatic rings. The average Bonchev–Trinajstić information content (AvgIpc) is 2.48. The van der Waals surface area contributed by atoms with Crippen molar-refractivity contribution in [1.82, 2.24) is 0 Å². The van der Waals surface area contributed by atoms with E-state index in [1.54, 1.807) is 23.5 Å². The Kier molecular flexibility index (Phi) is 4.93. The van der Waals surface area contributed by atoms with Crippen molar-refractivity contribution in [3.8, 4) is 0 Å². The lowest BCUT2D eigenvalue weighted by Gasteiger charge is -2.07. The van der Waals surface area contributed by atoms with Crippen molar-refractivity contribution in [3.05, 3.63) is 54.1 Å². The van der Waals surface area contributed by atoms with Crippen LogP contribution in [0.1, 0.15) is 10.4 Å². The zero-order valence-corrected chi connectivity index (χ0v) is 12.5. The number of anilines is 1. The van der Waals surface area contributed by atoms with Gasteiger partial charge in [0, 0.05) is 21.0 Å². The Morgan fingerprint density at radius 2 is 1.63 bits per heavy atom. The van der Waals surface area contributed by atoms with Gasteiger partial charge in [-0.1, -0.05) is 6.07 Å². The largest absolute Gasteiger partial charge is 0.322 e. The lowest BCUT2D eigenvalue weighted by atomic mass is 10.2. The van der Waals surface area contributed by atoms with Crippen LogP contribution in [0.2, 0.25) is 0 Å². The van der Waals surface area contributed by atoms with Crippen LogP contribution in [0, 0.1) is 0 Å². The smallest absolute Gasteiger partial charge is 0.255 e. The summed E-state index contributed by atoms with van der Waals surface area (Å²) in [5.41, 5.74) is 1.50. The highest BCUT2D eigenvalue weighted by Crippen LogP contribution is 2.19. The zero-order valence-electron chi connectivity index (χ0n) is 10.8. The molecule has 0 heterocycles. The molecular formula is C15H15NOS2. The van der Waals surface area contributed by atoms with Crippen LogP contribution < -0.4 is 5.32 Å². The van der Waals surface area contributed by atoms with E-state index in [1.807, 2.05) is 61.0 Å². The molecule has 19 heavy (non-hydrogen) atoms. The standard InChI is InChI=1S/C15H15NOS2/c1-18-13-8-6-12(7-9-13)16-15(17)11-4-3-5-14(10-11)19-2/h3-10H,1-2H3,(H,16,17). The molecule has 1 N–H and O–H groups in total. The molecule has 0 aliphatic carbocycles. The van der Waals surface area contributed by atoms with Crippen LogP contribution in [0.5, 0.6) is 0 Å². The summed E-state index contributed by atoms with van der Waals surface area (Å²) in [5, 5.41) is 2.90. The fourth-order valence-corrected chi connectivity index (χ4v) is 2.51. The normalized spacial score (nSPS) is 10.2. The summed E-state index contributed by atoms with van der Waals surface area (Å²) in [7, 11) is 0. The summed E-state index contributed by atoms with van der Waals surface area (Å²) in [5.74, 6) is -0.0761. The molecule has 0 saturated carbocycles. The molecule has 2 nitrogen and oxygen atoms in total. The van der Waals surface area contributed by atoms with Crippen molar-refractivity contribution in [2.75, 3.05) is 17.8 Å². The molecule has 2 rings (SSSR count). The number of benzene rings is 2. The summed E-state index contributed by atoms with van der Waals surface area (Å²) in [6.07, 6.45) is 4.03. The second-order valence-electron chi connectivity index (χ2n) is 3.91. The van der Waals surface area contributed by atoms with Crippen molar-refractivity contribution >= 4 is 35.1 Å². The first-order valence-corrected chi connectivity index (χ1v) is 8.27. The third kappa shape index (κ3) is 3.78. The number of nitrogens with one attached hydrogen (secondary N) is 1. The Hall–Kier alpha value is -1.39. The van der Waals surface area contributed by atoms with Gasteiger partial charge >= 0.3 is 0 Å². The van der Waals surface area contributed by atoms with Crippen LogP contribution in [0.3, 0.4) is 0 Å². The van der Waals surface area contributed by atoms with Gasteiger partial charge in [-0.15, -0.1) is 23.5 Å². The maximum atomic E-state index is 12.1. The van der Waals surface area contributed by atoms with E-state index in [-0.39, 0.29) is 5.91 Å². The molecule has 0 spiro atoms. The summed E-state index contributed by atoms with van der Waals surface area (Å²) in [4.78, 5) is 14.4. The first-order chi connectivity index (χ1) is 9.22. The molecule has 0 aliphatic heterocycles. The van der Waals surface area contributed by atoms with Gasteiger partial charge in [-0.2, -0.15) is 0 Å². The van der Waals surface area contributed by atoms with Crippen molar-refractivity contribution in [2.45, 2.75) is 9.79 Å². The first-order valence-electron chi connectivity index (χ1n) is 5.82. The molecule has 4 heteroatoms. The third-order valence-corrected chi connectivity index (χ3v) is 4.15. The molecule has 0 fully saturated rings. The van der Waals surface area contributed by atoms with Gasteiger partial charge in [0.05, 0.1) is 0 Å². The second-order valence-corrected chi connectivity index (χ2v) is 5.67. The second kappa shape index (κ2) is 6.68. The summed E-state index contributed by atoms with van der Waals surface area (Å²) in [6.45, 7) is 0. The molecule has 0 aromatic heterocycles. The molecule has 0 atom stereocenters. The van der Waals surface area contributed by atoms with E-state index in [4.69, 9.17) is 0 Å². The fourth-order valence-electron chi connectivity index (χ4n) is 1.64. The highest BCUT2D eigenvalue weighted by molar-refractivity contribution is 7.98. The van der Waals surface area contributed by atoms with E-state index in [0.717, 1.165) is 10.6 Å². The Balaban J connectivity index is 2.11. The molecular weight excluding hydrogens is 274 g/mol. The van der Waals surface area contributed by atoms with Gasteiger partial charge in [0.1, 0.15) is 0 Å². The van der Waals surface area contributed by atoms with E-state index in [1.165, 1.54) is 4.90 Å². The van der Waals surface area contributed by atoms with Crippen molar-refractivity contribution in [3.63, 3.8) is 0 Å². The summed E-state index contributed by atoms with van der Waals surface area (Å²) < 4.78 is 0. The Morgan fingerprint density at radius 1 is 0.947 bits per heavy atom. The number of carbonyl (C=O) groups excluding carboxylic acids is 1. The van der Waals surface area contributed by atoms with E-state index in [2.05, 4.69) is 5.32 Å². The Bertz CT molecular complexity index is 567. The molecule has 2 aromatic rings. The van der Waals surface area contributed by atoms with Crippen LogP contribution in [0.25, 0.3) is 0 Å². The van der Waals surface area contributed by atoms with E-state index < -0.39 is 0 Å². The average molecular weight is 289 g/mol. The molecule has 0 bridgehead atoms. The summed E-state index contributed by atoms with van der Waals surface area (Å²) in [6, 6.07) is 15.5. The van der Waals surface area contributed by atoms with E-state index in [0.29, 0.717) is 5.56 Å². The van der Waals surface area contributed by atoms with Gasteiger partial charge in [0.15, 0.2) is 0 Å². The van der Waals surface area contributed by atoms with Gasteiger partial charge in [-0.05, 0) is 55.0 Å². The Morgan fingerprint density at radius 3 is 2.26 bits per heavy atom. The highest BCUT2D eigenvalue weighted by atomic mass is 32.2. The van der Waals surface area contributed by atoms with Gasteiger partial charge in [0.2, 0.25) is 0 Å². The SMILES string of the molecule is CSc1ccc(NC(=O)c2cccc(SC)c2)cc1. The maximum absolute atomic E-state index is 12.1. The van der Waals surface area contributed by atoms with Gasteiger partial charge in [-0.25, -0.2) is 0 Å². The number of thioether (sulfide) groups is 2. The molecule has 0 radical (unpaired) electrons. The predicted molar refractivity (Wildman–Crippen MR) is 84.4 cm³/mol. The first kappa shape index (κ1) is 14.0. The minimum Gasteiger partial charge on any atom is -0.322 e. The third-order valence-electron chi connectivity index (χ3n) is 2.68. The number of carbonyl (C=O) groups is 1. The Labute approximate surface area is 122 Å². The van der Waals surface area contributed by atoms with E-state index in [9.17, 15) is 4.79 Å². The van der Waals surface area contributed by atoms with Crippen LogP contribution in [0.4, 0.5) is 5.69 Å². The molecule has 1 amide bonds. The zero-order chi connectivity index (χ0) is 13.7. The molecule has 98 valence electrons. The number of hydrogen-bond donors (Lipinski definition) is 1. The van der Waals surface area contributed by atoms with Gasteiger partial charge < -0.3 is 5.32 Å². The topological polar surface area (TPSA) is 29.1 Å². The summed E-state index contributed by atoms with van der Waals surface area (Å²) >= 11 is 3.31. The molecule has 0 saturated heterocycles. The number of amides is 1. The number of hydrogen-bond acceptors (Lipinski definition) is 3. The van der Waals surface area contributed by atoms with Gasteiger partial charge in [-0.3, -0.25) is 4.79 Å². The van der Waals surface area contributed by atoms with Crippen molar-refractivity contribution < 1.29 is 4.79 Å². The number of rotatable bonds is 4. The fraction of sp³-hybridized carbons (Fsp3) is 0.133. The van der Waals surface area contributed by atoms with E-state index >= 15 is 0 Å². The van der Waals surface area contributed by atoms with Crippen molar-refractivity contribution in [1.29, 1.82) is 0 Å². The van der Waals surface area contributed by atoms with Crippen molar-refractivity contribution in [2.24, 2.45) is 0 Å². The maximum Gasteiger partial charge on any atom is 0.255 e. The predicted octanol–water partition coefficient (Wildman–Crippen LogP) is 4.38. The van der Waals surface area contributed by atoms with Crippen LogP contribution in [-0.4, -0.2) is 18.4 Å². The van der Waals surface area contributed by atoms with Crippen LogP contribution in [-0.2, 0) is 0 Å². The minimum atomic E-state index is -0.0761. The highest BCUT2D eigenvalue weighted by Gasteiger charge is 2.06. The molecule has 2 aromatic carbocycles. The monoisotopic (exact) mass is 289 g/mol. The van der Waals surface area contributed by atoms with Gasteiger partial charge in [0.25, 0.3) is 5.91 Å². The lowest BCUT2D eigenvalue weighted by Crippen LogP contribution is -2.11.